The summed E-state index contributed by atoms with van der Waals surface area (Å²) in [7, 11) is 0. The first-order chi connectivity index (χ1) is 8.16. The van der Waals surface area contributed by atoms with Crippen molar-refractivity contribution in [1.82, 2.24) is 10.2 Å². The molecular formula is C14H20N2O. The van der Waals surface area contributed by atoms with E-state index in [1.54, 1.807) is 0 Å². The van der Waals surface area contributed by atoms with Gasteiger partial charge in [-0.1, -0.05) is 13.8 Å². The van der Waals surface area contributed by atoms with Crippen molar-refractivity contribution in [3.8, 4) is 5.75 Å². The van der Waals surface area contributed by atoms with Crippen LogP contribution in [0.15, 0.2) is 18.2 Å². The number of fused-ring (bicyclic) bond motifs is 1. The van der Waals surface area contributed by atoms with Crippen LogP contribution in [0.2, 0.25) is 0 Å². The first-order valence-electron chi connectivity index (χ1n) is 6.30. The highest BCUT2D eigenvalue weighted by molar-refractivity contribution is 5.82. The van der Waals surface area contributed by atoms with Gasteiger partial charge in [0.2, 0.25) is 0 Å². The number of nitrogens with zero attached hydrogens (tertiary/aromatic N) is 1. The van der Waals surface area contributed by atoms with Crippen molar-refractivity contribution < 1.29 is 4.74 Å². The zero-order valence-corrected chi connectivity index (χ0v) is 11.0. The predicted octanol–water partition coefficient (Wildman–Crippen LogP) is 3.83. The van der Waals surface area contributed by atoms with Gasteiger partial charge in [-0.3, -0.25) is 5.10 Å². The molecule has 1 heterocycles. The number of rotatable bonds is 2. The van der Waals surface area contributed by atoms with Gasteiger partial charge in [0.05, 0.1) is 5.52 Å². The lowest BCUT2D eigenvalue weighted by atomic mass is 10.2. The van der Waals surface area contributed by atoms with Crippen LogP contribution in [0.4, 0.5) is 0 Å². The zero-order chi connectivity index (χ0) is 12.5. The molecule has 17 heavy (non-hydrogen) atoms. The van der Waals surface area contributed by atoms with E-state index >= 15 is 0 Å². The Kier molecular flexibility index (Phi) is 3.09. The normalized spacial score (nSPS) is 16.2. The lowest BCUT2D eigenvalue weighted by molar-refractivity contribution is 0.200. The maximum atomic E-state index is 5.90. The van der Waals surface area contributed by atoms with Gasteiger partial charge in [0.15, 0.2) is 0 Å². The van der Waals surface area contributed by atoms with E-state index in [4.69, 9.17) is 4.74 Å². The molecule has 0 amide bonds. The van der Waals surface area contributed by atoms with E-state index in [2.05, 4.69) is 23.2 Å². The lowest BCUT2D eigenvalue weighted by Gasteiger charge is -2.12. The Balaban J connectivity index is 0.000000514. The molecule has 1 fully saturated rings. The minimum Gasteiger partial charge on any atom is -0.488 e. The summed E-state index contributed by atoms with van der Waals surface area (Å²) in [6.45, 7) is 8.18. The summed E-state index contributed by atoms with van der Waals surface area (Å²) in [5, 5.41) is 8.32. The van der Waals surface area contributed by atoms with Gasteiger partial charge in [0, 0.05) is 11.1 Å². The highest BCUT2D eigenvalue weighted by Gasteiger charge is 2.40. The van der Waals surface area contributed by atoms with E-state index in [1.807, 2.05) is 32.9 Å². The maximum absolute atomic E-state index is 5.90. The van der Waals surface area contributed by atoms with Gasteiger partial charge in [-0.2, -0.15) is 5.10 Å². The second kappa shape index (κ2) is 4.40. The summed E-state index contributed by atoms with van der Waals surface area (Å²) in [6, 6.07) is 6.06. The van der Waals surface area contributed by atoms with E-state index in [0.29, 0.717) is 0 Å². The maximum Gasteiger partial charge on any atom is 0.120 e. The third-order valence-electron chi connectivity index (χ3n) is 3.03. The van der Waals surface area contributed by atoms with Crippen molar-refractivity contribution in [2.45, 2.75) is 46.1 Å². The number of hydrogen-bond acceptors (Lipinski definition) is 2. The van der Waals surface area contributed by atoms with Crippen LogP contribution < -0.4 is 4.74 Å². The smallest absolute Gasteiger partial charge is 0.120 e. The highest BCUT2D eigenvalue weighted by atomic mass is 16.5. The summed E-state index contributed by atoms with van der Waals surface area (Å²) < 4.78 is 5.90. The molecule has 3 rings (SSSR count). The Bertz CT molecular complexity index is 512. The van der Waals surface area contributed by atoms with Crippen LogP contribution in [0.5, 0.6) is 5.75 Å². The molecular weight excluding hydrogens is 212 g/mol. The van der Waals surface area contributed by atoms with E-state index in [9.17, 15) is 0 Å². The lowest BCUT2D eigenvalue weighted by Crippen LogP contribution is -2.11. The van der Waals surface area contributed by atoms with Gasteiger partial charge >= 0.3 is 0 Å². The fourth-order valence-electron chi connectivity index (χ4n) is 1.74. The molecule has 1 aliphatic carbocycles. The average Bonchev–Trinajstić information content (AvgIpc) is 2.95. The number of H-pyrrole nitrogens is 1. The molecule has 1 aromatic carbocycles. The molecule has 3 heteroatoms. The van der Waals surface area contributed by atoms with Crippen molar-refractivity contribution >= 4 is 10.9 Å². The quantitative estimate of drug-likeness (QED) is 0.854. The van der Waals surface area contributed by atoms with Crippen LogP contribution >= 0.6 is 0 Å². The molecule has 1 aliphatic rings. The molecule has 0 spiro atoms. The number of hydrogen-bond donors (Lipinski definition) is 1. The summed E-state index contributed by atoms with van der Waals surface area (Å²) in [4.78, 5) is 0. The molecule has 1 saturated carbocycles. The van der Waals surface area contributed by atoms with Crippen LogP contribution in [-0.4, -0.2) is 15.8 Å². The molecule has 2 aromatic rings. The van der Waals surface area contributed by atoms with Gasteiger partial charge in [0.1, 0.15) is 11.4 Å². The second-order valence-corrected chi connectivity index (χ2v) is 4.58. The third kappa shape index (κ3) is 2.43. The number of nitrogens with one attached hydrogen (secondary N) is 1. The molecule has 0 unspecified atom stereocenters. The number of benzene rings is 1. The average molecular weight is 232 g/mol. The van der Waals surface area contributed by atoms with E-state index < -0.39 is 0 Å². The molecule has 1 N–H and O–H groups in total. The molecule has 0 radical (unpaired) electrons. The van der Waals surface area contributed by atoms with E-state index in [0.717, 1.165) is 35.2 Å². The Morgan fingerprint density at radius 3 is 2.65 bits per heavy atom. The molecule has 0 bridgehead atoms. The first-order valence-corrected chi connectivity index (χ1v) is 6.30. The van der Waals surface area contributed by atoms with Gasteiger partial charge < -0.3 is 4.74 Å². The minimum atomic E-state index is 0.0886. The van der Waals surface area contributed by atoms with E-state index in [1.165, 1.54) is 0 Å². The zero-order valence-electron chi connectivity index (χ0n) is 11.0. The number of ether oxygens (including phenoxy) is 1. The van der Waals surface area contributed by atoms with Crippen LogP contribution in [0.3, 0.4) is 0 Å². The molecule has 0 aliphatic heterocycles. The molecule has 92 valence electrons. The van der Waals surface area contributed by atoms with Crippen LogP contribution in [0.25, 0.3) is 10.9 Å². The van der Waals surface area contributed by atoms with Crippen molar-refractivity contribution in [3.05, 3.63) is 23.9 Å². The minimum absolute atomic E-state index is 0.0886. The highest BCUT2D eigenvalue weighted by Crippen LogP contribution is 2.40. The molecule has 3 nitrogen and oxygen atoms in total. The van der Waals surface area contributed by atoms with Gasteiger partial charge in [-0.05, 0) is 44.9 Å². The summed E-state index contributed by atoms with van der Waals surface area (Å²) in [5.41, 5.74) is 2.18. The van der Waals surface area contributed by atoms with Crippen molar-refractivity contribution in [1.29, 1.82) is 0 Å². The second-order valence-electron chi connectivity index (χ2n) is 4.58. The number of aryl methyl sites for hydroxylation is 1. The number of aromatic amines is 1. The van der Waals surface area contributed by atoms with Gasteiger partial charge in [-0.15, -0.1) is 0 Å². The fraction of sp³-hybridized carbons (Fsp3) is 0.500. The van der Waals surface area contributed by atoms with Crippen molar-refractivity contribution in [2.75, 3.05) is 0 Å². The van der Waals surface area contributed by atoms with Gasteiger partial charge in [0.25, 0.3) is 0 Å². The Morgan fingerprint density at radius 1 is 1.29 bits per heavy atom. The summed E-state index contributed by atoms with van der Waals surface area (Å²) in [6.07, 6.45) is 2.32. The molecule has 0 atom stereocenters. The monoisotopic (exact) mass is 232 g/mol. The largest absolute Gasteiger partial charge is 0.488 e. The van der Waals surface area contributed by atoms with Gasteiger partial charge in [-0.25, -0.2) is 0 Å². The SMILES string of the molecule is CC.Cc1[nH]nc2ccc(OC3(C)CC3)cc12. The van der Waals surface area contributed by atoms with Crippen LogP contribution in [-0.2, 0) is 0 Å². The Hall–Kier alpha value is -1.51. The van der Waals surface area contributed by atoms with Crippen molar-refractivity contribution in [3.63, 3.8) is 0 Å². The Labute approximate surface area is 102 Å². The van der Waals surface area contributed by atoms with Crippen LogP contribution in [0, 0.1) is 6.92 Å². The summed E-state index contributed by atoms with van der Waals surface area (Å²) in [5.74, 6) is 0.951. The predicted molar refractivity (Wildman–Crippen MR) is 70.4 cm³/mol. The number of aromatic nitrogens is 2. The fourth-order valence-corrected chi connectivity index (χ4v) is 1.74. The van der Waals surface area contributed by atoms with Crippen LogP contribution in [0.1, 0.15) is 39.3 Å². The van der Waals surface area contributed by atoms with Crippen molar-refractivity contribution in [2.24, 2.45) is 0 Å². The first kappa shape index (κ1) is 12.0. The standard InChI is InChI=1S/C12H14N2O.C2H6/c1-8-10-7-9(15-12(2)5-6-12)3-4-11(10)14-13-8;1-2/h3-4,7H,5-6H2,1-2H3,(H,13,14);1-2H3. The van der Waals surface area contributed by atoms with E-state index in [-0.39, 0.29) is 5.60 Å². The summed E-state index contributed by atoms with van der Waals surface area (Å²) >= 11 is 0. The Morgan fingerprint density at radius 2 is 2.00 bits per heavy atom. The third-order valence-corrected chi connectivity index (χ3v) is 3.03. The molecule has 0 saturated heterocycles. The molecule has 1 aromatic heterocycles. The topological polar surface area (TPSA) is 37.9 Å².